The predicted octanol–water partition coefficient (Wildman–Crippen LogP) is 4.46. The van der Waals surface area contributed by atoms with Crippen LogP contribution >= 0.6 is 15.9 Å². The number of hydrogen-bond donors (Lipinski definition) is 2. The summed E-state index contributed by atoms with van der Waals surface area (Å²) < 4.78 is 0.923. The van der Waals surface area contributed by atoms with Crippen LogP contribution in [0.15, 0.2) is 40.9 Å². The second-order valence-electron chi connectivity index (χ2n) is 5.53. The summed E-state index contributed by atoms with van der Waals surface area (Å²) in [4.78, 5) is 24.5. The van der Waals surface area contributed by atoms with Gasteiger partial charge in [-0.1, -0.05) is 48.0 Å². The van der Waals surface area contributed by atoms with E-state index in [0.717, 1.165) is 39.7 Å². The van der Waals surface area contributed by atoms with Gasteiger partial charge in [0.15, 0.2) is 0 Å². The van der Waals surface area contributed by atoms with Gasteiger partial charge in [0, 0.05) is 15.8 Å². The Balaban J connectivity index is 2.16. The molecule has 0 heterocycles. The number of para-hydroxylation sites is 1. The number of rotatable bonds is 4. The number of carbonyl (C=O) groups is 2. The van der Waals surface area contributed by atoms with E-state index in [0.29, 0.717) is 5.69 Å². The summed E-state index contributed by atoms with van der Waals surface area (Å²) in [6.45, 7) is 5.92. The Bertz CT molecular complexity index is 750. The van der Waals surface area contributed by atoms with Crippen LogP contribution in [-0.2, 0) is 22.4 Å². The van der Waals surface area contributed by atoms with Gasteiger partial charge in [-0.15, -0.1) is 0 Å². The molecular formula is C19H21BrN2O2. The molecule has 2 aromatic carbocycles. The van der Waals surface area contributed by atoms with Crippen LogP contribution in [0.1, 0.15) is 30.5 Å². The molecule has 0 spiro atoms. The zero-order chi connectivity index (χ0) is 17.7. The molecule has 2 rings (SSSR count). The van der Waals surface area contributed by atoms with Gasteiger partial charge in [-0.3, -0.25) is 9.59 Å². The molecule has 0 aliphatic heterocycles. The van der Waals surface area contributed by atoms with E-state index >= 15 is 0 Å². The highest BCUT2D eigenvalue weighted by atomic mass is 79.9. The number of carbonyl (C=O) groups excluding carboxylic acids is 2. The van der Waals surface area contributed by atoms with Gasteiger partial charge in [-0.2, -0.15) is 0 Å². The van der Waals surface area contributed by atoms with Crippen molar-refractivity contribution in [2.45, 2.75) is 33.6 Å². The summed E-state index contributed by atoms with van der Waals surface area (Å²) in [5.74, 6) is -1.33. The molecule has 0 bridgehead atoms. The number of hydrogen-bond acceptors (Lipinski definition) is 2. The van der Waals surface area contributed by atoms with Gasteiger partial charge in [0.05, 0.1) is 0 Å². The average Bonchev–Trinajstić information content (AvgIpc) is 2.57. The van der Waals surface area contributed by atoms with Crippen LogP contribution in [-0.4, -0.2) is 11.8 Å². The van der Waals surface area contributed by atoms with E-state index in [1.807, 2.05) is 51.1 Å². The summed E-state index contributed by atoms with van der Waals surface area (Å²) in [5, 5.41) is 5.43. The molecular weight excluding hydrogens is 368 g/mol. The third-order valence-corrected chi connectivity index (χ3v) is 4.37. The first-order valence-electron chi connectivity index (χ1n) is 7.95. The highest BCUT2D eigenvalue weighted by Crippen LogP contribution is 2.23. The van der Waals surface area contributed by atoms with Gasteiger partial charge in [0.25, 0.3) is 0 Å². The van der Waals surface area contributed by atoms with Crippen LogP contribution < -0.4 is 10.6 Å². The largest absolute Gasteiger partial charge is 0.318 e. The number of anilines is 2. The molecule has 5 heteroatoms. The first-order valence-corrected chi connectivity index (χ1v) is 8.74. The lowest BCUT2D eigenvalue weighted by Gasteiger charge is -2.14. The fourth-order valence-electron chi connectivity index (χ4n) is 2.52. The molecule has 0 saturated heterocycles. The van der Waals surface area contributed by atoms with Crippen molar-refractivity contribution < 1.29 is 9.59 Å². The fourth-order valence-corrected chi connectivity index (χ4v) is 3.00. The first kappa shape index (κ1) is 18.2. The van der Waals surface area contributed by atoms with E-state index in [1.54, 1.807) is 6.07 Å². The quantitative estimate of drug-likeness (QED) is 0.759. The molecule has 2 N–H and O–H groups in total. The number of amides is 2. The Kier molecular flexibility index (Phi) is 6.15. The highest BCUT2D eigenvalue weighted by molar-refractivity contribution is 9.10. The highest BCUT2D eigenvalue weighted by Gasteiger charge is 2.17. The van der Waals surface area contributed by atoms with E-state index in [4.69, 9.17) is 0 Å². The minimum absolute atomic E-state index is 0.623. The molecule has 126 valence electrons. The smallest absolute Gasteiger partial charge is 0.314 e. The van der Waals surface area contributed by atoms with Crippen molar-refractivity contribution in [3.05, 3.63) is 57.6 Å². The third-order valence-electron chi connectivity index (χ3n) is 3.88. The number of halogens is 1. The normalized spacial score (nSPS) is 10.3. The van der Waals surface area contributed by atoms with E-state index in [2.05, 4.69) is 26.6 Å². The Morgan fingerprint density at radius 1 is 0.958 bits per heavy atom. The van der Waals surface area contributed by atoms with Crippen LogP contribution in [0.5, 0.6) is 0 Å². The Labute approximate surface area is 150 Å². The topological polar surface area (TPSA) is 58.2 Å². The lowest BCUT2D eigenvalue weighted by molar-refractivity contribution is -0.133. The molecule has 0 radical (unpaired) electrons. The first-order chi connectivity index (χ1) is 11.5. The monoisotopic (exact) mass is 388 g/mol. The van der Waals surface area contributed by atoms with E-state index in [9.17, 15) is 9.59 Å². The fraction of sp³-hybridized carbons (Fsp3) is 0.263. The minimum Gasteiger partial charge on any atom is -0.318 e. The maximum Gasteiger partial charge on any atom is 0.314 e. The molecule has 4 nitrogen and oxygen atoms in total. The molecule has 24 heavy (non-hydrogen) atoms. The standard InChI is InChI=1S/C19H21BrN2O2/c1-4-13-7-6-8-14(5-2)17(13)22-19(24)18(23)21-16-10-9-15(20)11-12(16)3/h6-11H,4-5H2,1-3H3,(H,21,23)(H,22,24). The predicted molar refractivity (Wildman–Crippen MR) is 101 cm³/mol. The Morgan fingerprint density at radius 3 is 2.08 bits per heavy atom. The Morgan fingerprint density at radius 2 is 1.54 bits per heavy atom. The Hall–Kier alpha value is -2.14. The molecule has 0 fully saturated rings. The number of nitrogens with one attached hydrogen (secondary N) is 2. The van der Waals surface area contributed by atoms with Crippen molar-refractivity contribution in [3.63, 3.8) is 0 Å². The zero-order valence-electron chi connectivity index (χ0n) is 14.1. The van der Waals surface area contributed by atoms with Crippen molar-refractivity contribution in [2.75, 3.05) is 10.6 Å². The molecule has 0 atom stereocenters. The molecule has 0 saturated carbocycles. The molecule has 0 unspecified atom stereocenters. The van der Waals surface area contributed by atoms with Gasteiger partial charge in [0.2, 0.25) is 0 Å². The van der Waals surface area contributed by atoms with Gasteiger partial charge in [-0.05, 0) is 54.7 Å². The van der Waals surface area contributed by atoms with Gasteiger partial charge in [0.1, 0.15) is 0 Å². The van der Waals surface area contributed by atoms with Crippen molar-refractivity contribution in [3.8, 4) is 0 Å². The van der Waals surface area contributed by atoms with Crippen LogP contribution in [0.4, 0.5) is 11.4 Å². The second-order valence-corrected chi connectivity index (χ2v) is 6.44. The average molecular weight is 389 g/mol. The molecule has 2 aromatic rings. The van der Waals surface area contributed by atoms with Crippen LogP contribution in [0.3, 0.4) is 0 Å². The maximum atomic E-state index is 12.3. The summed E-state index contributed by atoms with van der Waals surface area (Å²) in [5.41, 5.74) is 4.30. The third kappa shape index (κ3) is 4.23. The molecule has 2 amide bonds. The maximum absolute atomic E-state index is 12.3. The molecule has 0 aromatic heterocycles. The van der Waals surface area contributed by atoms with Gasteiger partial charge in [-0.25, -0.2) is 0 Å². The number of benzene rings is 2. The lowest BCUT2D eigenvalue weighted by Crippen LogP contribution is -2.30. The van der Waals surface area contributed by atoms with E-state index in [-0.39, 0.29) is 0 Å². The van der Waals surface area contributed by atoms with E-state index in [1.165, 1.54) is 0 Å². The molecule has 0 aliphatic carbocycles. The van der Waals surface area contributed by atoms with Gasteiger partial charge >= 0.3 is 11.8 Å². The summed E-state index contributed by atoms with van der Waals surface area (Å²) in [7, 11) is 0. The second kappa shape index (κ2) is 8.11. The van der Waals surface area contributed by atoms with Crippen molar-refractivity contribution in [1.82, 2.24) is 0 Å². The van der Waals surface area contributed by atoms with Crippen LogP contribution in [0.2, 0.25) is 0 Å². The van der Waals surface area contributed by atoms with Crippen molar-refractivity contribution >= 4 is 39.1 Å². The van der Waals surface area contributed by atoms with Crippen LogP contribution in [0, 0.1) is 6.92 Å². The number of aryl methyl sites for hydroxylation is 3. The minimum atomic E-state index is -0.673. The zero-order valence-corrected chi connectivity index (χ0v) is 15.7. The lowest BCUT2D eigenvalue weighted by atomic mass is 10.0. The summed E-state index contributed by atoms with van der Waals surface area (Å²) in [6.07, 6.45) is 1.58. The SMILES string of the molecule is CCc1cccc(CC)c1NC(=O)C(=O)Nc1ccc(Br)cc1C. The molecule has 0 aliphatic rings. The van der Waals surface area contributed by atoms with Gasteiger partial charge < -0.3 is 10.6 Å². The van der Waals surface area contributed by atoms with Crippen LogP contribution in [0.25, 0.3) is 0 Å². The van der Waals surface area contributed by atoms with E-state index < -0.39 is 11.8 Å². The summed E-state index contributed by atoms with van der Waals surface area (Å²) >= 11 is 3.38. The summed E-state index contributed by atoms with van der Waals surface area (Å²) in [6, 6.07) is 11.4. The van der Waals surface area contributed by atoms with Crippen molar-refractivity contribution in [1.29, 1.82) is 0 Å². The van der Waals surface area contributed by atoms with Crippen molar-refractivity contribution in [2.24, 2.45) is 0 Å².